The smallest absolute Gasteiger partial charge is 0.328 e. The topological polar surface area (TPSA) is 132 Å². The first-order valence-electron chi connectivity index (χ1n) is 11.3. The molecule has 0 aliphatic carbocycles. The summed E-state index contributed by atoms with van der Waals surface area (Å²) < 4.78 is 3.32. The van der Waals surface area contributed by atoms with Gasteiger partial charge in [0.15, 0.2) is 0 Å². The number of aliphatic carboxylic acids is 1. The van der Waals surface area contributed by atoms with E-state index in [1.807, 2.05) is 23.6 Å². The molecule has 1 aliphatic rings. The van der Waals surface area contributed by atoms with Crippen LogP contribution in [-0.4, -0.2) is 45.8 Å². The van der Waals surface area contributed by atoms with Crippen molar-refractivity contribution in [1.29, 1.82) is 0 Å². The van der Waals surface area contributed by atoms with Crippen molar-refractivity contribution < 1.29 is 9.90 Å². The van der Waals surface area contributed by atoms with Gasteiger partial charge >= 0.3 is 5.97 Å². The fraction of sp³-hybridized carbons (Fsp3) is 0.120. The van der Waals surface area contributed by atoms with Gasteiger partial charge in [-0.1, -0.05) is 11.6 Å². The summed E-state index contributed by atoms with van der Waals surface area (Å²) in [5.41, 5.74) is 4.71. The monoisotopic (exact) mass is 567 g/mol. The summed E-state index contributed by atoms with van der Waals surface area (Å²) in [6.45, 7) is 0. The Balaban J connectivity index is 0.00000294. The summed E-state index contributed by atoms with van der Waals surface area (Å²) in [5.74, 6) is -0.288. The van der Waals surface area contributed by atoms with Gasteiger partial charge in [-0.05, 0) is 65.2 Å². The minimum atomic E-state index is -0.991. The summed E-state index contributed by atoms with van der Waals surface area (Å²) in [6.07, 6.45) is 7.35. The number of tetrazole rings is 1. The van der Waals surface area contributed by atoms with Crippen LogP contribution in [0.4, 0.5) is 0 Å². The van der Waals surface area contributed by atoms with E-state index in [2.05, 4.69) is 25.5 Å². The minimum absolute atomic E-state index is 0. The van der Waals surface area contributed by atoms with Crippen molar-refractivity contribution in [3.8, 4) is 28.1 Å². The number of thiophene rings is 1. The van der Waals surface area contributed by atoms with Crippen LogP contribution in [-0.2, 0) is 11.2 Å². The molecule has 1 aliphatic heterocycles. The fourth-order valence-electron chi connectivity index (χ4n) is 4.61. The third-order valence-electron chi connectivity index (χ3n) is 6.23. The predicted octanol–water partition coefficient (Wildman–Crippen LogP) is 4.65. The Morgan fingerprint density at radius 2 is 2.08 bits per heavy atom. The lowest BCUT2D eigenvalue weighted by molar-refractivity contribution is -0.131. The number of pyridine rings is 1. The second-order valence-corrected chi connectivity index (χ2v) is 9.88. The summed E-state index contributed by atoms with van der Waals surface area (Å²) in [7, 11) is 0. The second-order valence-electron chi connectivity index (χ2n) is 8.51. The van der Waals surface area contributed by atoms with Crippen LogP contribution in [0.3, 0.4) is 0 Å². The molecule has 0 saturated heterocycles. The molecule has 1 aromatic carbocycles. The molecule has 5 aromatic rings. The lowest BCUT2D eigenvalue weighted by Crippen LogP contribution is -2.23. The third kappa shape index (κ3) is 4.78. The highest BCUT2D eigenvalue weighted by Crippen LogP contribution is 2.35. The molecule has 38 heavy (non-hydrogen) atoms. The molecule has 6 rings (SSSR count). The Morgan fingerprint density at radius 1 is 1.21 bits per heavy atom. The lowest BCUT2D eigenvalue weighted by Gasteiger charge is -2.15. The van der Waals surface area contributed by atoms with Crippen molar-refractivity contribution in [2.75, 3.05) is 0 Å². The molecule has 0 saturated carbocycles. The number of hydrogen-bond acceptors (Lipinski definition) is 7. The molecule has 0 unspecified atom stereocenters. The zero-order chi connectivity index (χ0) is 25.5. The number of nitrogens with zero attached hydrogens (tertiary/aromatic N) is 6. The van der Waals surface area contributed by atoms with E-state index in [1.165, 1.54) is 22.3 Å². The maximum absolute atomic E-state index is 13.4. The molecule has 10 nitrogen and oxygen atoms in total. The normalized spacial score (nSPS) is 14.5. The standard InChI is InChI=1S/C25H18ClN7O3S.ClH/c26-16-1-4-21(32-13-28-30-31-32)19(10-16)14-7-17-2-5-22(33(17)23(34)9-14)25-27-11-20(29-25)15-8-18(37-12-15)3-6-24(35)36;/h1,3-4,6-13,22H,2,5H2,(H,27,29)(H,35,36);1H/b6-3+;/t22-;/m0./s1. The van der Waals surface area contributed by atoms with Crippen LogP contribution in [0, 0.1) is 0 Å². The number of imidazole rings is 1. The van der Waals surface area contributed by atoms with Gasteiger partial charge in [-0.2, -0.15) is 4.68 Å². The lowest BCUT2D eigenvalue weighted by atomic mass is 10.0. The van der Waals surface area contributed by atoms with Gasteiger partial charge < -0.3 is 14.7 Å². The highest BCUT2D eigenvalue weighted by Gasteiger charge is 2.28. The molecule has 192 valence electrons. The Kier molecular flexibility index (Phi) is 6.98. The number of rotatable bonds is 6. The second kappa shape index (κ2) is 10.4. The van der Waals surface area contributed by atoms with Crippen LogP contribution in [0.15, 0.2) is 65.2 Å². The van der Waals surface area contributed by atoms with Crippen LogP contribution in [0.25, 0.3) is 34.1 Å². The number of aromatic amines is 1. The van der Waals surface area contributed by atoms with Crippen molar-refractivity contribution in [3.63, 3.8) is 0 Å². The summed E-state index contributed by atoms with van der Waals surface area (Å²) in [6, 6.07) is 10.7. The van der Waals surface area contributed by atoms with E-state index >= 15 is 0 Å². The van der Waals surface area contributed by atoms with E-state index in [4.69, 9.17) is 16.7 Å². The number of benzene rings is 1. The number of fused-ring (bicyclic) bond motifs is 1. The molecule has 1 atom stereocenters. The first-order chi connectivity index (χ1) is 18.0. The molecule has 13 heteroatoms. The van der Waals surface area contributed by atoms with Gasteiger partial charge in [0.05, 0.1) is 23.6 Å². The molecule has 2 N–H and O–H groups in total. The fourth-order valence-corrected chi connectivity index (χ4v) is 5.58. The maximum atomic E-state index is 13.4. The van der Waals surface area contributed by atoms with Crippen molar-refractivity contribution in [2.24, 2.45) is 0 Å². The van der Waals surface area contributed by atoms with E-state index < -0.39 is 5.97 Å². The summed E-state index contributed by atoms with van der Waals surface area (Å²) >= 11 is 7.73. The number of aryl methyl sites for hydroxylation is 1. The van der Waals surface area contributed by atoms with E-state index in [1.54, 1.807) is 35.0 Å². The Hall–Kier alpha value is -4.06. The van der Waals surface area contributed by atoms with Crippen molar-refractivity contribution in [2.45, 2.75) is 18.9 Å². The predicted molar refractivity (Wildman–Crippen MR) is 146 cm³/mol. The average molecular weight is 568 g/mol. The van der Waals surface area contributed by atoms with Gasteiger partial charge in [0.1, 0.15) is 12.2 Å². The molecular weight excluding hydrogens is 549 g/mol. The average Bonchev–Trinajstić information content (AvgIpc) is 3.68. The number of hydrogen-bond donors (Lipinski definition) is 2. The number of carbonyl (C=O) groups is 1. The number of aromatic nitrogens is 7. The van der Waals surface area contributed by atoms with Gasteiger partial charge in [-0.3, -0.25) is 4.79 Å². The number of carboxylic acids is 1. The van der Waals surface area contributed by atoms with E-state index in [-0.39, 0.29) is 24.0 Å². The van der Waals surface area contributed by atoms with Crippen LogP contribution in [0.2, 0.25) is 5.02 Å². The Morgan fingerprint density at radius 3 is 2.87 bits per heavy atom. The molecule has 0 amide bonds. The van der Waals surface area contributed by atoms with Crippen LogP contribution >= 0.6 is 35.3 Å². The highest BCUT2D eigenvalue weighted by molar-refractivity contribution is 7.11. The zero-order valence-electron chi connectivity index (χ0n) is 19.5. The summed E-state index contributed by atoms with van der Waals surface area (Å²) in [5, 5.41) is 22.7. The molecule has 0 spiro atoms. The van der Waals surface area contributed by atoms with Gasteiger partial charge in [0, 0.05) is 44.2 Å². The van der Waals surface area contributed by atoms with Crippen LogP contribution < -0.4 is 5.56 Å². The van der Waals surface area contributed by atoms with Gasteiger partial charge in [0.2, 0.25) is 0 Å². The molecular formula is C25H19Cl2N7O3S. The van der Waals surface area contributed by atoms with Gasteiger partial charge in [0.25, 0.3) is 5.56 Å². The van der Waals surface area contributed by atoms with Crippen LogP contribution in [0.1, 0.15) is 28.9 Å². The number of H-pyrrole nitrogens is 1. The van der Waals surface area contributed by atoms with E-state index in [0.717, 1.165) is 51.1 Å². The number of halogens is 2. The maximum Gasteiger partial charge on any atom is 0.328 e. The van der Waals surface area contributed by atoms with Gasteiger partial charge in [-0.25, -0.2) is 9.78 Å². The third-order valence-corrected chi connectivity index (χ3v) is 7.36. The summed E-state index contributed by atoms with van der Waals surface area (Å²) in [4.78, 5) is 32.9. The highest BCUT2D eigenvalue weighted by atomic mass is 35.5. The molecule has 4 aromatic heterocycles. The number of nitrogens with one attached hydrogen (secondary N) is 1. The molecule has 0 bridgehead atoms. The SMILES string of the molecule is Cl.O=C(O)/C=C/c1cc(-c2cnc([C@@H]3CCc4cc(-c5cc(Cl)ccc5-n5cnnn5)cc(=O)n43)[nH]2)cs1. The zero-order valence-corrected chi connectivity index (χ0v) is 21.9. The van der Waals surface area contributed by atoms with E-state index in [0.29, 0.717) is 17.3 Å². The molecule has 0 fully saturated rings. The largest absolute Gasteiger partial charge is 0.478 e. The quantitative estimate of drug-likeness (QED) is 0.285. The van der Waals surface area contributed by atoms with Gasteiger partial charge in [-0.15, -0.1) is 28.8 Å². The Labute approximate surface area is 230 Å². The van der Waals surface area contributed by atoms with Crippen molar-refractivity contribution >= 4 is 47.4 Å². The van der Waals surface area contributed by atoms with E-state index in [9.17, 15) is 9.59 Å². The Bertz CT molecular complexity index is 1720. The first-order valence-corrected chi connectivity index (χ1v) is 12.6. The van der Waals surface area contributed by atoms with Crippen molar-refractivity contribution in [3.05, 3.63) is 92.2 Å². The molecule has 0 radical (unpaired) electrons. The molecule has 5 heterocycles. The van der Waals surface area contributed by atoms with Crippen molar-refractivity contribution in [1.82, 2.24) is 34.7 Å². The number of carboxylic acid groups (broad SMARTS) is 1. The minimum Gasteiger partial charge on any atom is -0.478 e. The van der Waals surface area contributed by atoms with Crippen LogP contribution in [0.5, 0.6) is 0 Å². The first kappa shape index (κ1) is 25.6.